The topological polar surface area (TPSA) is 106 Å². The van der Waals surface area contributed by atoms with Gasteiger partial charge in [-0.1, -0.05) is 12.1 Å². The lowest BCUT2D eigenvalue weighted by atomic mass is 10.1. The molecule has 1 saturated heterocycles. The molecular formula is C24H19F3N4O4S. The Morgan fingerprint density at radius 2 is 2.08 bits per heavy atom. The third-order valence-corrected chi connectivity index (χ3v) is 6.90. The van der Waals surface area contributed by atoms with E-state index in [1.807, 2.05) is 0 Å². The number of carboxylic acids is 1. The summed E-state index contributed by atoms with van der Waals surface area (Å²) < 4.78 is 47.2. The molecule has 2 fully saturated rings. The highest BCUT2D eigenvalue weighted by Crippen LogP contribution is 2.42. The summed E-state index contributed by atoms with van der Waals surface area (Å²) in [5.41, 5.74) is -0.566. The molecule has 2 aliphatic rings. The van der Waals surface area contributed by atoms with Crippen molar-refractivity contribution in [1.82, 2.24) is 15.1 Å². The summed E-state index contributed by atoms with van der Waals surface area (Å²) >= 11 is 1.07. The number of carbonyl (C=O) groups excluding carboxylic acids is 1. The minimum atomic E-state index is -4.54. The Morgan fingerprint density at radius 3 is 2.75 bits per heavy atom. The number of aromatic nitrogens is 2. The molecule has 0 atom stereocenters. The molecule has 0 spiro atoms. The largest absolute Gasteiger partial charge is 0.497 e. The maximum atomic E-state index is 13.6. The number of halogens is 3. The number of hydrogen-bond donors (Lipinski definition) is 2. The van der Waals surface area contributed by atoms with Crippen molar-refractivity contribution in [1.29, 1.82) is 0 Å². The van der Waals surface area contributed by atoms with Crippen LogP contribution in [-0.2, 0) is 22.3 Å². The fourth-order valence-electron chi connectivity index (χ4n) is 3.89. The zero-order valence-electron chi connectivity index (χ0n) is 18.8. The predicted octanol–water partition coefficient (Wildman–Crippen LogP) is 4.29. The van der Waals surface area contributed by atoms with Gasteiger partial charge in [0.2, 0.25) is 0 Å². The molecule has 1 amide bonds. The van der Waals surface area contributed by atoms with Crippen molar-refractivity contribution in [3.05, 3.63) is 64.2 Å². The van der Waals surface area contributed by atoms with Crippen LogP contribution in [0.4, 0.5) is 13.2 Å². The number of aliphatic carboxylic acids is 1. The number of benzene rings is 2. The van der Waals surface area contributed by atoms with E-state index in [-0.39, 0.29) is 28.9 Å². The van der Waals surface area contributed by atoms with Gasteiger partial charge in [-0.2, -0.15) is 18.3 Å². The second kappa shape index (κ2) is 8.70. The van der Waals surface area contributed by atoms with Crippen LogP contribution in [0.25, 0.3) is 17.0 Å². The van der Waals surface area contributed by atoms with Crippen molar-refractivity contribution in [2.45, 2.75) is 31.1 Å². The monoisotopic (exact) mass is 516 g/mol. The highest BCUT2D eigenvalue weighted by Gasteiger charge is 2.51. The number of alkyl halides is 3. The van der Waals surface area contributed by atoms with Gasteiger partial charge < -0.3 is 15.2 Å². The second-order valence-corrected chi connectivity index (χ2v) is 9.49. The van der Waals surface area contributed by atoms with Crippen molar-refractivity contribution in [3.63, 3.8) is 0 Å². The smallest absolute Gasteiger partial charge is 0.416 e. The van der Waals surface area contributed by atoms with E-state index in [1.165, 1.54) is 23.9 Å². The first-order valence-corrected chi connectivity index (χ1v) is 11.6. The fraction of sp³-hybridized carbons (Fsp3) is 0.250. The van der Waals surface area contributed by atoms with Crippen LogP contribution in [-0.4, -0.2) is 44.6 Å². The third kappa shape index (κ3) is 4.55. The Bertz CT molecular complexity index is 1460. The first-order chi connectivity index (χ1) is 17.1. The van der Waals surface area contributed by atoms with E-state index in [9.17, 15) is 27.9 Å². The van der Waals surface area contributed by atoms with Crippen LogP contribution in [0.15, 0.2) is 52.5 Å². The number of fused-ring (bicyclic) bond motifs is 1. The molecule has 186 valence electrons. The van der Waals surface area contributed by atoms with Crippen LogP contribution >= 0.6 is 11.8 Å². The molecular weight excluding hydrogens is 497 g/mol. The molecule has 0 unspecified atom stereocenters. The Morgan fingerprint density at radius 1 is 1.31 bits per heavy atom. The molecule has 2 aromatic carbocycles. The first kappa shape index (κ1) is 23.9. The Kier molecular flexibility index (Phi) is 5.78. The van der Waals surface area contributed by atoms with Crippen LogP contribution in [0.1, 0.15) is 29.5 Å². The van der Waals surface area contributed by atoms with Crippen molar-refractivity contribution in [3.8, 4) is 5.75 Å². The van der Waals surface area contributed by atoms with Crippen LogP contribution in [0.3, 0.4) is 0 Å². The first-order valence-electron chi connectivity index (χ1n) is 10.8. The van der Waals surface area contributed by atoms with Gasteiger partial charge in [0.05, 0.1) is 35.8 Å². The number of aliphatic imine (C=N–C) groups is 1. The molecule has 8 nitrogen and oxygen atoms in total. The van der Waals surface area contributed by atoms with Gasteiger partial charge in [-0.3, -0.25) is 9.48 Å². The molecule has 1 saturated carbocycles. The minimum absolute atomic E-state index is 0.0557. The number of rotatable bonds is 6. The predicted molar refractivity (Wildman–Crippen MR) is 128 cm³/mol. The van der Waals surface area contributed by atoms with Crippen LogP contribution in [0.5, 0.6) is 5.75 Å². The highest BCUT2D eigenvalue weighted by molar-refractivity contribution is 8.18. The normalized spacial score (nSPS) is 19.2. The summed E-state index contributed by atoms with van der Waals surface area (Å²) in [6, 6.07) is 9.04. The van der Waals surface area contributed by atoms with E-state index in [2.05, 4.69) is 15.4 Å². The molecule has 2 heterocycles. The van der Waals surface area contributed by atoms with Crippen molar-refractivity contribution >= 4 is 45.8 Å². The Balaban J connectivity index is 1.39. The number of nitrogens with one attached hydrogen (secondary N) is 1. The lowest BCUT2D eigenvalue weighted by Crippen LogP contribution is -2.26. The standard InChI is InChI=1S/C24H19F3N4O4S/c1-35-16-4-3-14(17(10-16)24(25,26)27)12-31-18-5-2-13(8-15(18)11-28-31)9-19-20(32)29-22(36-19)30-23(6-7-23)21(33)34/h2-5,8-11H,6-7,12H2,1H3,(H,33,34)(H,29,30,32)/b19-9-. The van der Waals surface area contributed by atoms with Gasteiger partial charge in [0, 0.05) is 5.39 Å². The summed E-state index contributed by atoms with van der Waals surface area (Å²) in [5, 5.41) is 17.1. The van der Waals surface area contributed by atoms with E-state index in [0.29, 0.717) is 34.2 Å². The third-order valence-electron chi connectivity index (χ3n) is 5.99. The number of nitrogens with zero attached hydrogens (tertiary/aromatic N) is 3. The number of amidine groups is 1. The van der Waals surface area contributed by atoms with Gasteiger partial charge in [0.25, 0.3) is 5.91 Å². The molecule has 0 bridgehead atoms. The number of carbonyl (C=O) groups is 2. The average molecular weight is 517 g/mol. The molecule has 2 N–H and O–H groups in total. The van der Waals surface area contributed by atoms with Gasteiger partial charge in [0.15, 0.2) is 10.7 Å². The van der Waals surface area contributed by atoms with Gasteiger partial charge in [-0.25, -0.2) is 9.79 Å². The fourth-order valence-corrected chi connectivity index (χ4v) is 4.80. The van der Waals surface area contributed by atoms with Crippen LogP contribution < -0.4 is 10.1 Å². The van der Waals surface area contributed by atoms with Crippen LogP contribution in [0.2, 0.25) is 0 Å². The number of thioether (sulfide) groups is 1. The molecule has 3 aromatic rings. The molecule has 1 aliphatic heterocycles. The van der Waals surface area contributed by atoms with Crippen molar-refractivity contribution in [2.24, 2.45) is 4.99 Å². The van der Waals surface area contributed by atoms with Crippen molar-refractivity contribution < 1.29 is 32.6 Å². The van der Waals surface area contributed by atoms with E-state index >= 15 is 0 Å². The van der Waals surface area contributed by atoms with E-state index in [4.69, 9.17) is 4.74 Å². The molecule has 0 radical (unpaired) electrons. The summed E-state index contributed by atoms with van der Waals surface area (Å²) in [7, 11) is 1.31. The van der Waals surface area contributed by atoms with Crippen LogP contribution in [0, 0.1) is 0 Å². The maximum Gasteiger partial charge on any atom is 0.416 e. The van der Waals surface area contributed by atoms with Crippen molar-refractivity contribution in [2.75, 3.05) is 7.11 Å². The summed E-state index contributed by atoms with van der Waals surface area (Å²) in [6.45, 7) is -0.0911. The summed E-state index contributed by atoms with van der Waals surface area (Å²) in [6.07, 6.45) is -0.485. The number of ether oxygens (including phenoxy) is 1. The summed E-state index contributed by atoms with van der Waals surface area (Å²) in [4.78, 5) is 28.3. The maximum absolute atomic E-state index is 13.6. The zero-order chi connectivity index (χ0) is 25.7. The summed E-state index contributed by atoms with van der Waals surface area (Å²) in [5.74, 6) is -1.27. The van der Waals surface area contributed by atoms with E-state index < -0.39 is 23.2 Å². The van der Waals surface area contributed by atoms with E-state index in [0.717, 1.165) is 17.8 Å². The Labute approximate surface area is 206 Å². The Hall–Kier alpha value is -3.80. The SMILES string of the molecule is COc1ccc(Cn2ncc3cc(/C=C4\SC(=NC5(C(=O)O)CC5)NC4=O)ccc32)c(C(F)(F)F)c1. The molecule has 1 aliphatic carbocycles. The zero-order valence-corrected chi connectivity index (χ0v) is 19.6. The molecule has 12 heteroatoms. The van der Waals surface area contributed by atoms with Gasteiger partial charge >= 0.3 is 12.1 Å². The lowest BCUT2D eigenvalue weighted by Gasteiger charge is -2.14. The highest BCUT2D eigenvalue weighted by atomic mass is 32.2. The number of carboxylic acid groups (broad SMARTS) is 1. The molecule has 1 aromatic heterocycles. The van der Waals surface area contributed by atoms with Gasteiger partial charge in [-0.05, 0) is 66.1 Å². The van der Waals surface area contributed by atoms with E-state index in [1.54, 1.807) is 30.5 Å². The number of hydrogen-bond acceptors (Lipinski definition) is 6. The molecule has 36 heavy (non-hydrogen) atoms. The van der Waals surface area contributed by atoms with Gasteiger partial charge in [0.1, 0.15) is 5.75 Å². The number of methoxy groups -OCH3 is 1. The second-order valence-electron chi connectivity index (χ2n) is 8.46. The quantitative estimate of drug-likeness (QED) is 0.474. The van der Waals surface area contributed by atoms with Gasteiger partial charge in [-0.15, -0.1) is 0 Å². The average Bonchev–Trinajstić information content (AvgIpc) is 3.40. The lowest BCUT2D eigenvalue weighted by molar-refractivity contribution is -0.140. The molecule has 5 rings (SSSR count). The minimum Gasteiger partial charge on any atom is -0.497 e. The number of amides is 1.